The topological polar surface area (TPSA) is 139 Å². The maximum Gasteiger partial charge on any atom is 1.00 e. The van der Waals surface area contributed by atoms with E-state index in [9.17, 15) is 23.9 Å². The number of nitrogens with zero attached hydrogens (tertiary/aromatic N) is 1. The summed E-state index contributed by atoms with van der Waals surface area (Å²) in [6, 6.07) is 13.5. The minimum absolute atomic E-state index is 0. The molecule has 10 nitrogen and oxygen atoms in total. The third-order valence-electron chi connectivity index (χ3n) is 6.46. The SMILES string of the molecule is COc1cc2c(Oc3ccc(NC(=O)C4(C(=O)Nc5ccc(F)cc5)CC4)cc3F)ccnc2cc1OCC(=O)[O-].[Li+]. The number of aromatic nitrogens is 1. The first-order valence-electron chi connectivity index (χ1n) is 12.3. The molecule has 5 rings (SSSR count). The fourth-order valence-electron chi connectivity index (χ4n) is 4.12. The van der Waals surface area contributed by atoms with Crippen LogP contribution in [0.25, 0.3) is 10.9 Å². The predicted molar refractivity (Wildman–Crippen MR) is 141 cm³/mol. The van der Waals surface area contributed by atoms with Crippen LogP contribution in [0.1, 0.15) is 12.8 Å². The Labute approximate surface area is 250 Å². The molecule has 0 spiro atoms. The number of hydrogen-bond donors (Lipinski definition) is 2. The van der Waals surface area contributed by atoms with Crippen molar-refractivity contribution in [2.45, 2.75) is 12.8 Å². The van der Waals surface area contributed by atoms with Crippen LogP contribution in [0.15, 0.2) is 66.9 Å². The molecular formula is C29H22F2LiN3O7. The third kappa shape index (κ3) is 6.46. The second kappa shape index (κ2) is 12.5. The zero-order chi connectivity index (χ0) is 29.1. The van der Waals surface area contributed by atoms with Gasteiger partial charge in [0.15, 0.2) is 23.1 Å². The Balaban J connectivity index is 0.00000405. The minimum atomic E-state index is -1.41. The summed E-state index contributed by atoms with van der Waals surface area (Å²) in [5, 5.41) is 16.4. The average molecular weight is 569 g/mol. The smallest absolute Gasteiger partial charge is 0.546 e. The summed E-state index contributed by atoms with van der Waals surface area (Å²) >= 11 is 0. The Morgan fingerprint density at radius 1 is 0.881 bits per heavy atom. The molecule has 0 bridgehead atoms. The quantitative estimate of drug-likeness (QED) is 0.211. The maximum atomic E-state index is 15.1. The molecule has 1 saturated carbocycles. The fraction of sp³-hybridized carbons (Fsp3) is 0.172. The first-order chi connectivity index (χ1) is 19.7. The number of carbonyl (C=O) groups is 3. The number of fused-ring (bicyclic) bond motifs is 1. The van der Waals surface area contributed by atoms with E-state index in [1.165, 1.54) is 67.9 Å². The Morgan fingerprint density at radius 2 is 1.55 bits per heavy atom. The van der Waals surface area contributed by atoms with E-state index in [0.29, 0.717) is 29.4 Å². The van der Waals surface area contributed by atoms with E-state index in [1.54, 1.807) is 0 Å². The summed E-state index contributed by atoms with van der Waals surface area (Å²) in [4.78, 5) is 40.7. The van der Waals surface area contributed by atoms with E-state index in [4.69, 9.17) is 14.2 Å². The first-order valence-corrected chi connectivity index (χ1v) is 12.3. The summed E-state index contributed by atoms with van der Waals surface area (Å²) in [7, 11) is 1.37. The molecule has 0 radical (unpaired) electrons. The number of carboxylic acid groups (broad SMARTS) is 1. The van der Waals surface area contributed by atoms with Gasteiger partial charge in [-0.05, 0) is 61.4 Å². The Hall–Kier alpha value is -4.66. The van der Waals surface area contributed by atoms with Gasteiger partial charge in [0.25, 0.3) is 0 Å². The van der Waals surface area contributed by atoms with Gasteiger partial charge in [0.1, 0.15) is 23.6 Å². The second-order valence-corrected chi connectivity index (χ2v) is 9.23. The zero-order valence-corrected chi connectivity index (χ0v) is 22.5. The van der Waals surface area contributed by atoms with Crippen LogP contribution in [0.3, 0.4) is 0 Å². The van der Waals surface area contributed by atoms with Gasteiger partial charge in [0.05, 0.1) is 18.6 Å². The maximum absolute atomic E-state index is 15.1. The average Bonchev–Trinajstić information content (AvgIpc) is 3.77. The number of ether oxygens (including phenoxy) is 3. The minimum Gasteiger partial charge on any atom is -0.546 e. The molecule has 2 N–H and O–H groups in total. The Kier molecular flexibility index (Phi) is 8.99. The van der Waals surface area contributed by atoms with Crippen molar-refractivity contribution in [1.82, 2.24) is 4.98 Å². The molecule has 1 fully saturated rings. The van der Waals surface area contributed by atoms with Gasteiger partial charge in [-0.15, -0.1) is 0 Å². The van der Waals surface area contributed by atoms with Gasteiger partial charge in [-0.2, -0.15) is 0 Å². The van der Waals surface area contributed by atoms with Crippen molar-refractivity contribution in [3.63, 3.8) is 0 Å². The number of nitrogens with one attached hydrogen (secondary N) is 2. The number of anilines is 2. The number of carboxylic acids is 1. The van der Waals surface area contributed by atoms with Crippen LogP contribution in [0.4, 0.5) is 20.2 Å². The summed E-state index contributed by atoms with van der Waals surface area (Å²) in [6.07, 6.45) is 2.05. The molecule has 0 unspecified atom stereocenters. The molecule has 1 heterocycles. The number of rotatable bonds is 10. The number of amides is 2. The van der Waals surface area contributed by atoms with Crippen molar-refractivity contribution in [1.29, 1.82) is 0 Å². The van der Waals surface area contributed by atoms with E-state index >= 15 is 4.39 Å². The van der Waals surface area contributed by atoms with Crippen molar-refractivity contribution < 1.29 is 61.3 Å². The third-order valence-corrected chi connectivity index (χ3v) is 6.46. The Morgan fingerprint density at radius 3 is 2.17 bits per heavy atom. The van der Waals surface area contributed by atoms with E-state index < -0.39 is 41.4 Å². The first kappa shape index (κ1) is 30.3. The van der Waals surface area contributed by atoms with Crippen molar-refractivity contribution in [3.8, 4) is 23.0 Å². The van der Waals surface area contributed by atoms with Gasteiger partial charge >= 0.3 is 18.9 Å². The normalized spacial score (nSPS) is 12.9. The molecule has 42 heavy (non-hydrogen) atoms. The number of aliphatic carboxylic acids is 1. The van der Waals surface area contributed by atoms with E-state index in [1.807, 2.05) is 0 Å². The number of carbonyl (C=O) groups excluding carboxylic acids is 3. The molecule has 0 atom stereocenters. The van der Waals surface area contributed by atoms with Gasteiger partial charge < -0.3 is 34.7 Å². The molecule has 4 aromatic rings. The summed E-state index contributed by atoms with van der Waals surface area (Å²) in [5.74, 6) is -3.37. The van der Waals surface area contributed by atoms with Crippen LogP contribution < -0.4 is 48.8 Å². The van der Waals surface area contributed by atoms with Crippen molar-refractivity contribution in [2.24, 2.45) is 5.41 Å². The number of pyridine rings is 1. The second-order valence-electron chi connectivity index (χ2n) is 9.23. The van der Waals surface area contributed by atoms with Crippen molar-refractivity contribution >= 4 is 40.1 Å². The number of hydrogen-bond acceptors (Lipinski definition) is 8. The standard InChI is InChI=1S/C29H23F2N3O7.Li/c1-39-24-13-19-21(14-25(24)40-15-26(35)36)32-11-8-22(19)41-23-7-6-18(12-20(23)31)34-28(38)29(9-10-29)27(37)33-17-4-2-16(30)3-5-17;/h2-8,11-14H,9-10,15H2,1H3,(H,33,37)(H,34,38)(H,35,36);/q;+1/p-1. The largest absolute Gasteiger partial charge is 1.00 e. The van der Waals surface area contributed by atoms with E-state index in [2.05, 4.69) is 15.6 Å². The summed E-state index contributed by atoms with van der Waals surface area (Å²) in [5.41, 5.74) is -0.463. The van der Waals surface area contributed by atoms with Gasteiger partial charge in [0, 0.05) is 35.1 Å². The van der Waals surface area contributed by atoms with Crippen molar-refractivity contribution in [3.05, 3.63) is 78.5 Å². The van der Waals surface area contributed by atoms with Crippen LogP contribution in [0.2, 0.25) is 0 Å². The molecule has 1 aliphatic carbocycles. The predicted octanol–water partition coefficient (Wildman–Crippen LogP) is 0.804. The van der Waals surface area contributed by atoms with Gasteiger partial charge in [-0.1, -0.05) is 0 Å². The number of methoxy groups -OCH3 is 1. The van der Waals surface area contributed by atoms with Crippen LogP contribution in [0.5, 0.6) is 23.0 Å². The molecule has 2 amide bonds. The summed E-state index contributed by atoms with van der Waals surface area (Å²) < 4.78 is 44.5. The van der Waals surface area contributed by atoms with Crippen LogP contribution in [-0.2, 0) is 14.4 Å². The molecule has 13 heteroatoms. The Bertz CT molecular complexity index is 1660. The zero-order valence-electron chi connectivity index (χ0n) is 22.5. The van der Waals surface area contributed by atoms with E-state index in [0.717, 1.165) is 6.07 Å². The molecule has 3 aromatic carbocycles. The molecule has 0 saturated heterocycles. The molecule has 0 aliphatic heterocycles. The molecule has 1 aliphatic rings. The van der Waals surface area contributed by atoms with E-state index in [-0.39, 0.29) is 47.5 Å². The molecule has 1 aromatic heterocycles. The van der Waals surface area contributed by atoms with Crippen LogP contribution >= 0.6 is 0 Å². The van der Waals surface area contributed by atoms with Crippen molar-refractivity contribution in [2.75, 3.05) is 24.4 Å². The summed E-state index contributed by atoms with van der Waals surface area (Å²) in [6.45, 7) is -0.688. The van der Waals surface area contributed by atoms with Gasteiger partial charge in [-0.3, -0.25) is 14.6 Å². The van der Waals surface area contributed by atoms with Gasteiger partial charge in [-0.25, -0.2) is 8.78 Å². The van der Waals surface area contributed by atoms with Crippen LogP contribution in [-0.4, -0.2) is 36.5 Å². The van der Waals surface area contributed by atoms with Crippen LogP contribution in [0, 0.1) is 17.0 Å². The number of benzene rings is 3. The molecular weight excluding hydrogens is 547 g/mol. The number of halogens is 2. The van der Waals surface area contributed by atoms with Gasteiger partial charge in [0.2, 0.25) is 11.8 Å². The monoisotopic (exact) mass is 569 g/mol. The molecule has 210 valence electrons. The fourth-order valence-corrected chi connectivity index (χ4v) is 4.12.